The summed E-state index contributed by atoms with van der Waals surface area (Å²) in [6, 6.07) is 0. The molecule has 1 aliphatic rings. The van der Waals surface area contributed by atoms with Crippen molar-refractivity contribution < 1.29 is 9.84 Å². The van der Waals surface area contributed by atoms with Gasteiger partial charge in [-0.05, 0) is 29.7 Å². The van der Waals surface area contributed by atoms with Gasteiger partial charge in [0, 0.05) is 25.4 Å². The zero-order chi connectivity index (χ0) is 13.5. The molecule has 0 amide bonds. The lowest BCUT2D eigenvalue weighted by molar-refractivity contribution is 0.188. The van der Waals surface area contributed by atoms with Crippen LogP contribution in [0.25, 0.3) is 0 Å². The van der Waals surface area contributed by atoms with Crippen molar-refractivity contribution >= 4 is 11.8 Å². The number of aliphatic hydroxyl groups is 1. The second-order valence-corrected chi connectivity index (χ2v) is 5.79. The third kappa shape index (κ3) is 4.41. The van der Waals surface area contributed by atoms with Crippen LogP contribution in [0.15, 0.2) is 5.16 Å². The largest absolute Gasteiger partial charge is 0.392 e. The Hall–Kier alpha value is -0.700. The normalized spacial score (nSPS) is 23.1. The van der Waals surface area contributed by atoms with E-state index in [1.54, 1.807) is 23.6 Å². The number of hydrogen-bond acceptors (Lipinski definition) is 7. The summed E-state index contributed by atoms with van der Waals surface area (Å²) in [6.45, 7) is 3.05. The van der Waals surface area contributed by atoms with Crippen LogP contribution in [-0.4, -0.2) is 63.5 Å². The summed E-state index contributed by atoms with van der Waals surface area (Å²) < 4.78 is 6.75. The van der Waals surface area contributed by atoms with Crippen LogP contribution >= 0.6 is 11.8 Å². The number of aromatic nitrogens is 4. The molecule has 2 atom stereocenters. The number of nitrogens with one attached hydrogen (secondary N) is 1. The maximum atomic E-state index is 9.83. The number of thioether (sulfide) groups is 1. The van der Waals surface area contributed by atoms with Crippen LogP contribution < -0.4 is 5.32 Å². The summed E-state index contributed by atoms with van der Waals surface area (Å²) in [5.41, 5.74) is 0. The molecule has 7 nitrogen and oxygen atoms in total. The van der Waals surface area contributed by atoms with Crippen LogP contribution in [0.5, 0.6) is 0 Å². The van der Waals surface area contributed by atoms with Crippen molar-refractivity contribution in [3.8, 4) is 0 Å². The van der Waals surface area contributed by atoms with E-state index < -0.39 is 0 Å². The van der Waals surface area contributed by atoms with Crippen LogP contribution in [0, 0.1) is 0 Å². The fraction of sp³-hybridized carbons (Fsp3) is 0.909. The van der Waals surface area contributed by atoms with Gasteiger partial charge in [0.15, 0.2) is 0 Å². The minimum atomic E-state index is -0.227. The van der Waals surface area contributed by atoms with E-state index in [2.05, 4.69) is 20.8 Å². The van der Waals surface area contributed by atoms with E-state index in [4.69, 9.17) is 4.74 Å². The summed E-state index contributed by atoms with van der Waals surface area (Å²) >= 11 is 1.59. The lowest BCUT2D eigenvalue weighted by atomic mass is 10.3. The molecule has 19 heavy (non-hydrogen) atoms. The van der Waals surface area contributed by atoms with Gasteiger partial charge in [0.2, 0.25) is 5.16 Å². The second kappa shape index (κ2) is 7.78. The number of aliphatic hydroxyl groups excluding tert-OH is 1. The molecule has 0 saturated heterocycles. The Morgan fingerprint density at radius 1 is 1.47 bits per heavy atom. The highest BCUT2D eigenvalue weighted by atomic mass is 32.2. The Morgan fingerprint density at radius 3 is 3.11 bits per heavy atom. The van der Waals surface area contributed by atoms with Gasteiger partial charge in [-0.15, -0.1) is 5.10 Å². The van der Waals surface area contributed by atoms with E-state index in [0.717, 1.165) is 44.1 Å². The van der Waals surface area contributed by atoms with Crippen molar-refractivity contribution in [2.75, 3.05) is 26.8 Å². The van der Waals surface area contributed by atoms with E-state index in [1.807, 2.05) is 0 Å². The predicted octanol–water partition coefficient (Wildman–Crippen LogP) is -0.0854. The zero-order valence-corrected chi connectivity index (χ0v) is 12.0. The molecule has 108 valence electrons. The molecule has 0 spiro atoms. The maximum absolute atomic E-state index is 9.83. The number of rotatable bonds is 8. The summed E-state index contributed by atoms with van der Waals surface area (Å²) in [5, 5.41) is 25.8. The summed E-state index contributed by atoms with van der Waals surface area (Å²) in [5.74, 6) is 0. The van der Waals surface area contributed by atoms with Crippen LogP contribution in [0.3, 0.4) is 0 Å². The zero-order valence-electron chi connectivity index (χ0n) is 11.2. The maximum Gasteiger partial charge on any atom is 0.209 e. The molecule has 1 aromatic rings. The van der Waals surface area contributed by atoms with Gasteiger partial charge >= 0.3 is 0 Å². The van der Waals surface area contributed by atoms with Gasteiger partial charge in [0.1, 0.15) is 0 Å². The number of methoxy groups -OCH3 is 1. The minimum absolute atomic E-state index is 0.227. The Balaban J connectivity index is 1.77. The van der Waals surface area contributed by atoms with Crippen LogP contribution in [0.2, 0.25) is 0 Å². The molecule has 0 bridgehead atoms. The first-order valence-corrected chi connectivity index (χ1v) is 7.49. The van der Waals surface area contributed by atoms with Crippen molar-refractivity contribution in [2.24, 2.45) is 0 Å². The number of tetrazole rings is 1. The lowest BCUT2D eigenvalue weighted by Gasteiger charge is -2.13. The molecule has 0 aromatic carbocycles. The molecule has 1 fully saturated rings. The smallest absolute Gasteiger partial charge is 0.209 e. The van der Waals surface area contributed by atoms with Gasteiger partial charge in [-0.1, -0.05) is 11.8 Å². The van der Waals surface area contributed by atoms with E-state index >= 15 is 0 Å². The van der Waals surface area contributed by atoms with Gasteiger partial charge in [-0.25, -0.2) is 4.68 Å². The Bertz CT molecular complexity index is 376. The summed E-state index contributed by atoms with van der Waals surface area (Å²) in [7, 11) is 1.69. The van der Waals surface area contributed by atoms with Crippen molar-refractivity contribution in [1.29, 1.82) is 0 Å². The van der Waals surface area contributed by atoms with Gasteiger partial charge in [0.05, 0.1) is 19.3 Å². The van der Waals surface area contributed by atoms with Gasteiger partial charge < -0.3 is 15.2 Å². The third-order valence-electron chi connectivity index (χ3n) is 3.16. The second-order valence-electron chi connectivity index (χ2n) is 4.58. The molecule has 1 saturated carbocycles. The van der Waals surface area contributed by atoms with Gasteiger partial charge in [0.25, 0.3) is 0 Å². The van der Waals surface area contributed by atoms with Gasteiger partial charge in [-0.3, -0.25) is 0 Å². The van der Waals surface area contributed by atoms with E-state index in [1.165, 1.54) is 0 Å². The summed E-state index contributed by atoms with van der Waals surface area (Å²) in [4.78, 5) is 0. The highest BCUT2D eigenvalue weighted by molar-refractivity contribution is 7.99. The molecule has 2 rings (SSSR count). The average Bonchev–Trinajstić information content (AvgIpc) is 3.00. The fourth-order valence-corrected chi connectivity index (χ4v) is 3.27. The van der Waals surface area contributed by atoms with E-state index in [0.29, 0.717) is 6.61 Å². The quantitative estimate of drug-likeness (QED) is 0.647. The molecule has 0 radical (unpaired) electrons. The Morgan fingerprint density at radius 2 is 2.37 bits per heavy atom. The molecule has 1 aliphatic carbocycles. The monoisotopic (exact) mass is 287 g/mol. The van der Waals surface area contributed by atoms with Crippen molar-refractivity contribution in [2.45, 2.75) is 42.3 Å². The van der Waals surface area contributed by atoms with Crippen LogP contribution in [0.1, 0.15) is 19.3 Å². The number of ether oxygens (including phenoxy) is 1. The highest BCUT2D eigenvalue weighted by Crippen LogP contribution is 2.33. The average molecular weight is 287 g/mol. The Kier molecular flexibility index (Phi) is 6.02. The molecule has 0 aliphatic heterocycles. The fourth-order valence-electron chi connectivity index (χ4n) is 2.08. The third-order valence-corrected chi connectivity index (χ3v) is 4.51. The first-order valence-electron chi connectivity index (χ1n) is 6.62. The molecule has 8 heteroatoms. The molecular weight excluding hydrogens is 266 g/mol. The van der Waals surface area contributed by atoms with E-state index in [-0.39, 0.29) is 11.4 Å². The first kappa shape index (κ1) is 14.7. The standard InChI is InChI=1S/C11H21N5O2S/c1-18-8-6-12-5-7-16-11(13-14-15-16)19-10-4-2-3-9(10)17/h9-10,12,17H,2-8H2,1H3. The number of nitrogens with zero attached hydrogens (tertiary/aromatic N) is 4. The summed E-state index contributed by atoms with van der Waals surface area (Å²) in [6.07, 6.45) is 2.77. The molecule has 2 N–H and O–H groups in total. The number of hydrogen-bond donors (Lipinski definition) is 2. The molecule has 2 unspecified atom stereocenters. The SMILES string of the molecule is COCCNCCn1nnnc1SC1CCCC1O. The topological polar surface area (TPSA) is 85.1 Å². The Labute approximate surface area is 117 Å². The lowest BCUT2D eigenvalue weighted by Crippen LogP contribution is -2.24. The molecular formula is C11H21N5O2S. The molecule has 1 heterocycles. The van der Waals surface area contributed by atoms with Crippen molar-refractivity contribution in [3.63, 3.8) is 0 Å². The highest BCUT2D eigenvalue weighted by Gasteiger charge is 2.27. The van der Waals surface area contributed by atoms with Crippen LogP contribution in [0.4, 0.5) is 0 Å². The van der Waals surface area contributed by atoms with Crippen molar-refractivity contribution in [1.82, 2.24) is 25.5 Å². The predicted molar refractivity (Wildman–Crippen MR) is 72.1 cm³/mol. The van der Waals surface area contributed by atoms with E-state index in [9.17, 15) is 5.11 Å². The van der Waals surface area contributed by atoms with Crippen molar-refractivity contribution in [3.05, 3.63) is 0 Å². The van der Waals surface area contributed by atoms with Crippen LogP contribution in [-0.2, 0) is 11.3 Å². The van der Waals surface area contributed by atoms with Gasteiger partial charge in [-0.2, -0.15) is 0 Å². The minimum Gasteiger partial charge on any atom is -0.392 e. The molecule has 1 aromatic heterocycles. The first-order chi connectivity index (χ1) is 9.31.